The summed E-state index contributed by atoms with van der Waals surface area (Å²) in [6, 6.07) is 8.46. The van der Waals surface area contributed by atoms with E-state index in [2.05, 4.69) is 30.4 Å². The fourth-order valence-electron chi connectivity index (χ4n) is 2.28. The molecule has 16 heavy (non-hydrogen) atoms. The zero-order chi connectivity index (χ0) is 11.5. The fraction of sp³-hybridized carbons (Fsp3) is 0.462. The summed E-state index contributed by atoms with van der Waals surface area (Å²) in [5, 5.41) is 12.4. The molecule has 0 aromatic heterocycles. The Bertz CT molecular complexity index is 389. The average Bonchev–Trinajstić information content (AvgIpc) is 2.29. The van der Waals surface area contributed by atoms with Crippen molar-refractivity contribution in [2.75, 3.05) is 6.54 Å². The first-order valence-corrected chi connectivity index (χ1v) is 5.69. The summed E-state index contributed by atoms with van der Waals surface area (Å²) in [7, 11) is 0. The van der Waals surface area contributed by atoms with Gasteiger partial charge in [0.1, 0.15) is 0 Å². The van der Waals surface area contributed by atoms with E-state index in [0.717, 1.165) is 13.0 Å². The van der Waals surface area contributed by atoms with Crippen molar-refractivity contribution < 1.29 is 9.90 Å². The van der Waals surface area contributed by atoms with E-state index in [1.807, 2.05) is 6.07 Å². The molecule has 0 saturated carbocycles. The van der Waals surface area contributed by atoms with Crippen LogP contribution >= 0.6 is 0 Å². The van der Waals surface area contributed by atoms with Crippen molar-refractivity contribution in [1.29, 1.82) is 0 Å². The van der Waals surface area contributed by atoms with Crippen LogP contribution in [-0.2, 0) is 4.79 Å². The summed E-state index contributed by atoms with van der Waals surface area (Å²) < 4.78 is 0. The number of carbonyl (C=O) groups is 1. The molecule has 86 valence electrons. The molecule has 0 spiro atoms. The van der Waals surface area contributed by atoms with E-state index in [9.17, 15) is 4.79 Å². The predicted octanol–water partition coefficient (Wildman–Crippen LogP) is 2.12. The molecule has 2 atom stereocenters. The highest BCUT2D eigenvalue weighted by Gasteiger charge is 2.27. The van der Waals surface area contributed by atoms with Crippen molar-refractivity contribution in [1.82, 2.24) is 5.32 Å². The van der Waals surface area contributed by atoms with E-state index in [0.29, 0.717) is 6.42 Å². The van der Waals surface area contributed by atoms with Crippen LogP contribution in [0.25, 0.3) is 0 Å². The van der Waals surface area contributed by atoms with Gasteiger partial charge in [0.2, 0.25) is 0 Å². The zero-order valence-corrected chi connectivity index (χ0v) is 9.44. The van der Waals surface area contributed by atoms with Crippen molar-refractivity contribution >= 4 is 5.97 Å². The zero-order valence-electron chi connectivity index (χ0n) is 9.44. The molecule has 2 unspecified atom stereocenters. The van der Waals surface area contributed by atoms with Crippen LogP contribution in [0.4, 0.5) is 0 Å². The molecule has 3 heteroatoms. The quantitative estimate of drug-likeness (QED) is 0.801. The SMILES string of the molecule is Cc1cccc(C2CC(C(=O)O)CCN2)c1. The third-order valence-electron chi connectivity index (χ3n) is 3.20. The number of aryl methyl sites for hydroxylation is 1. The molecule has 1 aromatic carbocycles. The normalized spacial score (nSPS) is 25.3. The average molecular weight is 219 g/mol. The second kappa shape index (κ2) is 4.66. The van der Waals surface area contributed by atoms with Crippen LogP contribution in [-0.4, -0.2) is 17.6 Å². The molecule has 0 aliphatic carbocycles. The summed E-state index contributed by atoms with van der Waals surface area (Å²) in [5.74, 6) is -0.870. The van der Waals surface area contributed by atoms with Crippen molar-refractivity contribution in [3.8, 4) is 0 Å². The third kappa shape index (κ3) is 2.42. The van der Waals surface area contributed by atoms with Gasteiger partial charge in [-0.25, -0.2) is 0 Å². The summed E-state index contributed by atoms with van der Waals surface area (Å²) in [6.45, 7) is 2.84. The molecular formula is C13H17NO2. The smallest absolute Gasteiger partial charge is 0.306 e. The van der Waals surface area contributed by atoms with E-state index in [4.69, 9.17) is 5.11 Å². The second-order valence-corrected chi connectivity index (χ2v) is 4.48. The standard InChI is InChI=1S/C13H17NO2/c1-9-3-2-4-10(7-9)12-8-11(13(15)16)5-6-14-12/h2-4,7,11-12,14H,5-6,8H2,1H3,(H,15,16). The van der Waals surface area contributed by atoms with Gasteiger partial charge in [0.15, 0.2) is 0 Å². The topological polar surface area (TPSA) is 49.3 Å². The summed E-state index contributed by atoms with van der Waals surface area (Å²) >= 11 is 0. The number of rotatable bonds is 2. The minimum Gasteiger partial charge on any atom is -0.481 e. The third-order valence-corrected chi connectivity index (χ3v) is 3.20. The van der Waals surface area contributed by atoms with Crippen LogP contribution in [0.5, 0.6) is 0 Å². The first-order chi connectivity index (χ1) is 7.66. The van der Waals surface area contributed by atoms with Crippen LogP contribution in [0.2, 0.25) is 0 Å². The number of benzene rings is 1. The van der Waals surface area contributed by atoms with Gasteiger partial charge >= 0.3 is 5.97 Å². The molecule has 0 radical (unpaired) electrons. The predicted molar refractivity (Wildman–Crippen MR) is 62.3 cm³/mol. The van der Waals surface area contributed by atoms with Gasteiger partial charge < -0.3 is 10.4 Å². The van der Waals surface area contributed by atoms with E-state index in [-0.39, 0.29) is 12.0 Å². The first kappa shape index (κ1) is 11.1. The molecule has 1 aromatic rings. The van der Waals surface area contributed by atoms with Crippen LogP contribution in [0.15, 0.2) is 24.3 Å². The van der Waals surface area contributed by atoms with E-state index >= 15 is 0 Å². The molecule has 1 heterocycles. The highest BCUT2D eigenvalue weighted by Crippen LogP contribution is 2.27. The molecule has 2 N–H and O–H groups in total. The van der Waals surface area contributed by atoms with Gasteiger partial charge in [-0.1, -0.05) is 29.8 Å². The van der Waals surface area contributed by atoms with Crippen molar-refractivity contribution in [2.45, 2.75) is 25.8 Å². The first-order valence-electron chi connectivity index (χ1n) is 5.69. The molecule has 1 saturated heterocycles. The molecule has 1 fully saturated rings. The van der Waals surface area contributed by atoms with Gasteiger partial charge in [-0.05, 0) is 31.9 Å². The van der Waals surface area contributed by atoms with Crippen LogP contribution in [0.1, 0.15) is 30.0 Å². The summed E-state index contributed by atoms with van der Waals surface area (Å²) in [4.78, 5) is 11.0. The lowest BCUT2D eigenvalue weighted by molar-refractivity contribution is -0.143. The van der Waals surface area contributed by atoms with Crippen LogP contribution < -0.4 is 5.32 Å². The number of piperidine rings is 1. The van der Waals surface area contributed by atoms with Gasteiger partial charge in [-0.2, -0.15) is 0 Å². The Balaban J connectivity index is 2.12. The van der Waals surface area contributed by atoms with Gasteiger partial charge in [-0.15, -0.1) is 0 Å². The highest BCUT2D eigenvalue weighted by molar-refractivity contribution is 5.70. The minimum atomic E-state index is -0.667. The largest absolute Gasteiger partial charge is 0.481 e. The maximum absolute atomic E-state index is 11.0. The maximum atomic E-state index is 11.0. The number of carboxylic acid groups (broad SMARTS) is 1. The Hall–Kier alpha value is -1.35. The Morgan fingerprint density at radius 1 is 1.50 bits per heavy atom. The summed E-state index contributed by atoms with van der Waals surface area (Å²) in [6.07, 6.45) is 1.43. The maximum Gasteiger partial charge on any atom is 0.306 e. The Morgan fingerprint density at radius 3 is 3.00 bits per heavy atom. The minimum absolute atomic E-state index is 0.190. The van der Waals surface area contributed by atoms with E-state index in [1.165, 1.54) is 11.1 Å². The fourth-order valence-corrected chi connectivity index (χ4v) is 2.28. The molecule has 1 aliphatic rings. The summed E-state index contributed by atoms with van der Waals surface area (Å²) in [5.41, 5.74) is 2.42. The van der Waals surface area contributed by atoms with Gasteiger partial charge in [0.05, 0.1) is 5.92 Å². The van der Waals surface area contributed by atoms with Crippen molar-refractivity contribution in [2.24, 2.45) is 5.92 Å². The molecule has 0 bridgehead atoms. The Labute approximate surface area is 95.5 Å². The number of carboxylic acids is 1. The number of hydrogen-bond acceptors (Lipinski definition) is 2. The lowest BCUT2D eigenvalue weighted by Gasteiger charge is -2.28. The molecule has 1 aliphatic heterocycles. The molecular weight excluding hydrogens is 202 g/mol. The molecule has 0 amide bonds. The van der Waals surface area contributed by atoms with Gasteiger partial charge in [0.25, 0.3) is 0 Å². The number of nitrogens with one attached hydrogen (secondary N) is 1. The van der Waals surface area contributed by atoms with Gasteiger partial charge in [-0.3, -0.25) is 4.79 Å². The lowest BCUT2D eigenvalue weighted by Crippen LogP contribution is -2.34. The lowest BCUT2D eigenvalue weighted by atomic mass is 9.88. The van der Waals surface area contributed by atoms with E-state index in [1.54, 1.807) is 0 Å². The van der Waals surface area contributed by atoms with Gasteiger partial charge in [0, 0.05) is 6.04 Å². The van der Waals surface area contributed by atoms with Crippen molar-refractivity contribution in [3.63, 3.8) is 0 Å². The van der Waals surface area contributed by atoms with Crippen LogP contribution in [0.3, 0.4) is 0 Å². The van der Waals surface area contributed by atoms with Crippen LogP contribution in [0, 0.1) is 12.8 Å². The molecule has 2 rings (SSSR count). The second-order valence-electron chi connectivity index (χ2n) is 4.48. The van der Waals surface area contributed by atoms with Crippen molar-refractivity contribution in [3.05, 3.63) is 35.4 Å². The number of aliphatic carboxylic acids is 1. The monoisotopic (exact) mass is 219 g/mol. The highest BCUT2D eigenvalue weighted by atomic mass is 16.4. The Kier molecular flexibility index (Phi) is 3.25. The van der Waals surface area contributed by atoms with E-state index < -0.39 is 5.97 Å². The number of hydrogen-bond donors (Lipinski definition) is 2. The Morgan fingerprint density at radius 2 is 2.31 bits per heavy atom. The molecule has 3 nitrogen and oxygen atoms in total.